The number of aryl methyl sites for hydroxylation is 2. The summed E-state index contributed by atoms with van der Waals surface area (Å²) in [5.41, 5.74) is 5.59. The van der Waals surface area contributed by atoms with E-state index >= 15 is 0 Å². The van der Waals surface area contributed by atoms with Crippen LogP contribution in [0, 0.1) is 13.8 Å². The minimum Gasteiger partial charge on any atom is -0.0991 e. The van der Waals surface area contributed by atoms with Crippen molar-refractivity contribution >= 4 is 0 Å². The molecule has 0 heterocycles. The van der Waals surface area contributed by atoms with Crippen LogP contribution < -0.4 is 0 Å². The Balaban J connectivity index is 2.51. The molecular formula is C20H26. The summed E-state index contributed by atoms with van der Waals surface area (Å²) in [4.78, 5) is 0. The van der Waals surface area contributed by atoms with Gasteiger partial charge in [-0.25, -0.2) is 0 Å². The summed E-state index contributed by atoms with van der Waals surface area (Å²) in [6.07, 6.45) is 12.4. The lowest BCUT2D eigenvalue weighted by molar-refractivity contribution is 0.344. The molecule has 0 aromatic heterocycles. The average molecular weight is 266 g/mol. The Hall–Kier alpha value is -1.56. The molecule has 20 heavy (non-hydrogen) atoms. The molecule has 0 aliphatic heterocycles. The van der Waals surface area contributed by atoms with Gasteiger partial charge in [-0.05, 0) is 43.4 Å². The topological polar surface area (TPSA) is 0 Å². The van der Waals surface area contributed by atoms with Crippen molar-refractivity contribution in [2.75, 3.05) is 0 Å². The van der Waals surface area contributed by atoms with Crippen LogP contribution in [-0.4, -0.2) is 0 Å². The second-order valence-electron chi connectivity index (χ2n) is 6.08. The van der Waals surface area contributed by atoms with Crippen LogP contribution in [0.3, 0.4) is 0 Å². The van der Waals surface area contributed by atoms with Crippen LogP contribution >= 0.6 is 0 Å². The van der Waals surface area contributed by atoms with E-state index in [0.717, 1.165) is 0 Å². The Morgan fingerprint density at radius 3 is 2.50 bits per heavy atom. The van der Waals surface area contributed by atoms with Crippen LogP contribution in [0.15, 0.2) is 55.2 Å². The first-order valence-corrected chi connectivity index (χ1v) is 7.66. The van der Waals surface area contributed by atoms with Crippen LogP contribution in [0.2, 0.25) is 0 Å². The highest BCUT2D eigenvalue weighted by Gasteiger charge is 2.36. The molecule has 106 valence electrons. The van der Waals surface area contributed by atoms with Crippen molar-refractivity contribution in [1.82, 2.24) is 0 Å². The summed E-state index contributed by atoms with van der Waals surface area (Å²) < 4.78 is 0. The third-order valence-electron chi connectivity index (χ3n) is 4.66. The molecule has 0 radical (unpaired) electrons. The summed E-state index contributed by atoms with van der Waals surface area (Å²) in [7, 11) is 0. The van der Waals surface area contributed by atoms with Gasteiger partial charge in [0.2, 0.25) is 0 Å². The van der Waals surface area contributed by atoms with Crippen molar-refractivity contribution in [3.05, 3.63) is 71.8 Å². The zero-order chi connectivity index (χ0) is 14.6. The van der Waals surface area contributed by atoms with E-state index in [-0.39, 0.29) is 5.41 Å². The van der Waals surface area contributed by atoms with E-state index in [4.69, 9.17) is 0 Å². The highest BCUT2D eigenvalue weighted by atomic mass is 14.4. The van der Waals surface area contributed by atoms with Crippen LogP contribution in [0.25, 0.3) is 0 Å². The van der Waals surface area contributed by atoms with E-state index in [1.165, 1.54) is 54.4 Å². The van der Waals surface area contributed by atoms with E-state index < -0.39 is 0 Å². The summed E-state index contributed by atoms with van der Waals surface area (Å²) >= 11 is 0. The molecule has 1 fully saturated rings. The fourth-order valence-corrected chi connectivity index (χ4v) is 3.51. The van der Waals surface area contributed by atoms with Crippen LogP contribution in [0.4, 0.5) is 0 Å². The summed E-state index contributed by atoms with van der Waals surface area (Å²) in [5.74, 6) is 0. The van der Waals surface area contributed by atoms with Gasteiger partial charge in [-0.15, -0.1) is 0 Å². The quantitative estimate of drug-likeness (QED) is 0.604. The first-order valence-electron chi connectivity index (χ1n) is 7.66. The standard InChI is InChI=1S/C20H26/c1-5-6-10-18(4)20(13-8-7-9-14-20)19-15-16(2)11-12-17(19)3/h5-6,10-12,15H,1,4,7-9,13-14H2,2-3H3/b10-6+. The SMILES string of the molecule is C=C/C=C/C(=C)C1(c2cc(C)ccc2C)CCCCC1. The minimum absolute atomic E-state index is 0.133. The van der Waals surface area contributed by atoms with Crippen LogP contribution in [-0.2, 0) is 5.41 Å². The molecular weight excluding hydrogens is 240 g/mol. The lowest BCUT2D eigenvalue weighted by Gasteiger charge is -2.40. The molecule has 1 aliphatic rings. The minimum atomic E-state index is 0.133. The molecule has 0 atom stereocenters. The van der Waals surface area contributed by atoms with Crippen molar-refractivity contribution in [2.24, 2.45) is 0 Å². The molecule has 1 aliphatic carbocycles. The van der Waals surface area contributed by atoms with E-state index in [2.05, 4.69) is 51.3 Å². The van der Waals surface area contributed by atoms with E-state index in [1.54, 1.807) is 0 Å². The zero-order valence-corrected chi connectivity index (χ0v) is 12.9. The number of hydrogen-bond acceptors (Lipinski definition) is 0. The normalized spacial score (nSPS) is 18.1. The molecule has 1 aromatic carbocycles. The molecule has 0 unspecified atom stereocenters. The van der Waals surface area contributed by atoms with Gasteiger partial charge in [0.1, 0.15) is 0 Å². The number of allylic oxidation sites excluding steroid dienone is 4. The molecule has 0 amide bonds. The molecule has 1 aromatic rings. The van der Waals surface area contributed by atoms with Crippen molar-refractivity contribution in [3.63, 3.8) is 0 Å². The van der Waals surface area contributed by atoms with Crippen LogP contribution in [0.1, 0.15) is 48.8 Å². The number of rotatable bonds is 4. The monoisotopic (exact) mass is 266 g/mol. The molecule has 0 saturated heterocycles. The molecule has 0 N–H and O–H groups in total. The molecule has 0 nitrogen and oxygen atoms in total. The van der Waals surface area contributed by atoms with Crippen molar-refractivity contribution in [2.45, 2.75) is 51.4 Å². The maximum Gasteiger partial charge on any atom is 0.0199 e. The van der Waals surface area contributed by atoms with Crippen molar-refractivity contribution < 1.29 is 0 Å². The van der Waals surface area contributed by atoms with E-state index in [0.29, 0.717) is 0 Å². The van der Waals surface area contributed by atoms with E-state index in [9.17, 15) is 0 Å². The van der Waals surface area contributed by atoms with Gasteiger partial charge >= 0.3 is 0 Å². The molecule has 0 bridgehead atoms. The maximum absolute atomic E-state index is 4.40. The molecule has 2 rings (SSSR count). The molecule has 1 saturated carbocycles. The largest absolute Gasteiger partial charge is 0.0991 e. The molecule has 0 spiro atoms. The third kappa shape index (κ3) is 2.80. The van der Waals surface area contributed by atoms with Gasteiger partial charge in [-0.3, -0.25) is 0 Å². The number of hydrogen-bond donors (Lipinski definition) is 0. The third-order valence-corrected chi connectivity index (χ3v) is 4.66. The zero-order valence-electron chi connectivity index (χ0n) is 12.9. The average Bonchev–Trinajstić information content (AvgIpc) is 2.48. The molecule has 0 heteroatoms. The van der Waals surface area contributed by atoms with Gasteiger partial charge in [-0.2, -0.15) is 0 Å². The van der Waals surface area contributed by atoms with Gasteiger partial charge in [-0.1, -0.05) is 74.4 Å². The number of benzene rings is 1. The van der Waals surface area contributed by atoms with Crippen molar-refractivity contribution in [3.8, 4) is 0 Å². The van der Waals surface area contributed by atoms with E-state index in [1.807, 2.05) is 12.2 Å². The Morgan fingerprint density at radius 1 is 1.15 bits per heavy atom. The Kier molecular flexibility index (Phi) is 4.65. The van der Waals surface area contributed by atoms with Crippen LogP contribution in [0.5, 0.6) is 0 Å². The second kappa shape index (κ2) is 6.26. The fraction of sp³-hybridized carbons (Fsp3) is 0.400. The predicted octanol–water partition coefficient (Wildman–Crippen LogP) is 5.80. The fourth-order valence-electron chi connectivity index (χ4n) is 3.51. The smallest absolute Gasteiger partial charge is 0.0199 e. The highest BCUT2D eigenvalue weighted by molar-refractivity contribution is 5.46. The second-order valence-corrected chi connectivity index (χ2v) is 6.08. The maximum atomic E-state index is 4.40. The first kappa shape index (κ1) is 14.8. The highest BCUT2D eigenvalue weighted by Crippen LogP contribution is 2.46. The summed E-state index contributed by atoms with van der Waals surface area (Å²) in [6.45, 7) is 12.6. The van der Waals surface area contributed by atoms with Crippen molar-refractivity contribution in [1.29, 1.82) is 0 Å². The first-order chi connectivity index (χ1) is 9.60. The van der Waals surface area contributed by atoms with Gasteiger partial charge in [0.05, 0.1) is 0 Å². The Labute approximate surface area is 123 Å². The van der Waals surface area contributed by atoms with Gasteiger partial charge in [0.25, 0.3) is 0 Å². The van der Waals surface area contributed by atoms with Gasteiger partial charge in [0.15, 0.2) is 0 Å². The summed E-state index contributed by atoms with van der Waals surface area (Å²) in [6, 6.07) is 6.83. The Morgan fingerprint density at radius 2 is 1.85 bits per heavy atom. The lowest BCUT2D eigenvalue weighted by atomic mass is 9.64. The summed E-state index contributed by atoms with van der Waals surface area (Å²) in [5, 5.41) is 0. The predicted molar refractivity (Wildman–Crippen MR) is 89.2 cm³/mol. The Bertz CT molecular complexity index is 525. The van der Waals surface area contributed by atoms with Gasteiger partial charge in [0, 0.05) is 5.41 Å². The lowest BCUT2D eigenvalue weighted by Crippen LogP contribution is -2.31. The van der Waals surface area contributed by atoms with Gasteiger partial charge < -0.3 is 0 Å².